The Balaban J connectivity index is 0.666. The first-order valence-corrected chi connectivity index (χ1v) is 21.3. The number of ether oxygens (including phenoxy) is 3. The smallest absolute Gasteiger partial charge is 0.262 e. The van der Waals surface area contributed by atoms with E-state index >= 15 is 0 Å². The third kappa shape index (κ3) is 7.66. The first kappa shape index (κ1) is 37.8. The molecule has 0 spiro atoms. The zero-order valence-corrected chi connectivity index (χ0v) is 33.4. The van der Waals surface area contributed by atoms with Crippen molar-refractivity contribution in [2.24, 2.45) is 0 Å². The minimum absolute atomic E-state index is 0.0527. The first-order chi connectivity index (χ1) is 28.7. The molecule has 15 nitrogen and oxygen atoms in total. The molecule has 2 aromatic carbocycles. The number of hydrogen-bond acceptors (Lipinski definition) is 12. The maximum Gasteiger partial charge on any atom is 0.262 e. The van der Waals surface area contributed by atoms with Crippen molar-refractivity contribution in [2.45, 2.75) is 120 Å². The maximum absolute atomic E-state index is 13.3. The Morgan fingerprint density at radius 2 is 1.37 bits per heavy atom. The van der Waals surface area contributed by atoms with Crippen molar-refractivity contribution in [1.82, 2.24) is 30.4 Å². The number of benzene rings is 2. The average molecular weight is 803 g/mol. The molecular weight excluding hydrogens is 753 g/mol. The number of anilines is 2. The lowest BCUT2D eigenvalue weighted by molar-refractivity contribution is -0.136. The molecule has 4 amide bonds. The molecule has 5 fully saturated rings. The molecule has 6 aliphatic rings. The maximum atomic E-state index is 13.3. The third-order valence-electron chi connectivity index (χ3n) is 13.1. The second kappa shape index (κ2) is 15.3. The van der Waals surface area contributed by atoms with Gasteiger partial charge in [-0.05, 0) is 114 Å². The Hall–Kier alpha value is -5.41. The van der Waals surface area contributed by atoms with Crippen molar-refractivity contribution in [2.75, 3.05) is 36.0 Å². The standard InChI is InChI=1S/C44H50N8O7/c1-44(16-17-44)59-31-7-9-35-34(23-31)40(49-48-35)36-24-38(46-25-45-36)51-20-14-30(15-21-51)58-28-5-3-27(4-6-28)57-29-12-18-50(19-13-29)26-2-8-32-33(22-26)43(56)52(42(32)55)37-10-11-39(53)47-41(37)54/h2,7-9,22-25,27-30,37H,3-6,10-21H2,1H3,(H,48,49)(H,47,53,54)/t27-,28-,37?. The summed E-state index contributed by atoms with van der Waals surface area (Å²) in [4.78, 5) is 65.3. The lowest BCUT2D eigenvalue weighted by Crippen LogP contribution is -2.54. The monoisotopic (exact) mass is 802 g/mol. The second-order valence-electron chi connectivity index (χ2n) is 17.3. The molecule has 15 heteroatoms. The van der Waals surface area contributed by atoms with Gasteiger partial charge in [-0.3, -0.25) is 34.5 Å². The second-order valence-corrected chi connectivity index (χ2v) is 17.3. The van der Waals surface area contributed by atoms with E-state index in [1.807, 2.05) is 24.3 Å². The number of fused-ring (bicyclic) bond motifs is 2. The molecule has 4 aliphatic heterocycles. The molecule has 10 rings (SSSR count). The normalized spacial score (nSPS) is 25.1. The number of nitrogens with one attached hydrogen (secondary N) is 2. The summed E-state index contributed by atoms with van der Waals surface area (Å²) in [6.45, 7) is 5.46. The summed E-state index contributed by atoms with van der Waals surface area (Å²) in [6, 6.07) is 12.5. The van der Waals surface area contributed by atoms with Crippen molar-refractivity contribution in [1.29, 1.82) is 0 Å². The van der Waals surface area contributed by atoms with Crippen LogP contribution in [0.1, 0.15) is 105 Å². The Kier molecular flexibility index (Phi) is 9.82. The fourth-order valence-electron chi connectivity index (χ4n) is 9.44. The third-order valence-corrected chi connectivity index (χ3v) is 13.1. The van der Waals surface area contributed by atoms with Gasteiger partial charge in [-0.2, -0.15) is 5.10 Å². The quantitative estimate of drug-likeness (QED) is 0.198. The molecule has 59 heavy (non-hydrogen) atoms. The van der Waals surface area contributed by atoms with Crippen LogP contribution in [0.25, 0.3) is 22.3 Å². The largest absolute Gasteiger partial charge is 0.488 e. The van der Waals surface area contributed by atoms with Crippen LogP contribution >= 0.6 is 0 Å². The molecule has 4 aromatic rings. The highest BCUT2D eigenvalue weighted by atomic mass is 16.5. The van der Waals surface area contributed by atoms with Gasteiger partial charge in [0.15, 0.2) is 0 Å². The summed E-state index contributed by atoms with van der Waals surface area (Å²) >= 11 is 0. The molecular formula is C44H50N8O7. The number of nitrogens with zero attached hydrogens (tertiary/aromatic N) is 6. The number of hydrogen-bond donors (Lipinski definition) is 2. The van der Waals surface area contributed by atoms with Gasteiger partial charge in [0, 0.05) is 49.7 Å². The lowest BCUT2D eigenvalue weighted by Gasteiger charge is -2.38. The van der Waals surface area contributed by atoms with Crippen LogP contribution in [0.5, 0.6) is 5.75 Å². The van der Waals surface area contributed by atoms with Gasteiger partial charge in [0.2, 0.25) is 11.8 Å². The van der Waals surface area contributed by atoms with Crippen LogP contribution in [0.3, 0.4) is 0 Å². The van der Waals surface area contributed by atoms with Gasteiger partial charge < -0.3 is 24.0 Å². The highest BCUT2D eigenvalue weighted by Gasteiger charge is 2.45. The summed E-state index contributed by atoms with van der Waals surface area (Å²) in [7, 11) is 0. The predicted molar refractivity (Wildman–Crippen MR) is 217 cm³/mol. The molecule has 308 valence electrons. The number of carbonyl (C=O) groups excluding carboxylic acids is 4. The molecule has 2 aromatic heterocycles. The van der Waals surface area contributed by atoms with E-state index in [1.54, 1.807) is 18.5 Å². The van der Waals surface area contributed by atoms with Gasteiger partial charge in [0.1, 0.15) is 35.2 Å². The van der Waals surface area contributed by atoms with Crippen molar-refractivity contribution in [3.63, 3.8) is 0 Å². The fraction of sp³-hybridized carbons (Fsp3) is 0.523. The number of amides is 4. The number of aromatic amines is 1. The van der Waals surface area contributed by atoms with Gasteiger partial charge in [-0.25, -0.2) is 9.97 Å². The molecule has 2 aliphatic carbocycles. The van der Waals surface area contributed by atoms with Gasteiger partial charge in [0.05, 0.1) is 46.8 Å². The molecule has 1 unspecified atom stereocenters. The molecule has 0 bridgehead atoms. The summed E-state index contributed by atoms with van der Waals surface area (Å²) in [5.74, 6) is -0.197. The number of imide groups is 2. The molecule has 1 atom stereocenters. The van der Waals surface area contributed by atoms with Crippen molar-refractivity contribution < 1.29 is 33.4 Å². The van der Waals surface area contributed by atoms with Gasteiger partial charge in [0.25, 0.3) is 11.8 Å². The van der Waals surface area contributed by atoms with Crippen LogP contribution in [0.4, 0.5) is 11.5 Å². The summed E-state index contributed by atoms with van der Waals surface area (Å²) < 4.78 is 19.5. The predicted octanol–water partition coefficient (Wildman–Crippen LogP) is 5.33. The van der Waals surface area contributed by atoms with E-state index in [9.17, 15) is 19.2 Å². The molecule has 0 radical (unpaired) electrons. The van der Waals surface area contributed by atoms with Gasteiger partial charge in [-0.15, -0.1) is 0 Å². The van der Waals surface area contributed by atoms with Crippen molar-refractivity contribution >= 4 is 46.0 Å². The molecule has 2 N–H and O–H groups in total. The first-order valence-electron chi connectivity index (χ1n) is 21.3. The SMILES string of the molecule is CC1(Oc2ccc3[nH]nc(-c4cc(N5CCC(O[C@H]6CC[C@H](OC7CCN(c8ccc9c(c8)C(=O)N(C8CCC(=O)NC8=O)C9=O)CC7)CC6)CC5)ncn4)c3c2)CC1. The van der Waals surface area contributed by atoms with Crippen LogP contribution in [-0.4, -0.2) is 111 Å². The van der Waals surface area contributed by atoms with Crippen LogP contribution in [0, 0.1) is 0 Å². The van der Waals surface area contributed by atoms with E-state index in [4.69, 9.17) is 14.2 Å². The average Bonchev–Trinajstić information content (AvgIpc) is 3.73. The van der Waals surface area contributed by atoms with E-state index in [2.05, 4.69) is 48.3 Å². The van der Waals surface area contributed by atoms with E-state index < -0.39 is 23.8 Å². The highest BCUT2D eigenvalue weighted by molar-refractivity contribution is 6.23. The summed E-state index contributed by atoms with van der Waals surface area (Å²) in [5.41, 5.74) is 3.97. The molecule has 3 saturated heterocycles. The Morgan fingerprint density at radius 3 is 2.05 bits per heavy atom. The summed E-state index contributed by atoms with van der Waals surface area (Å²) in [5, 5.41) is 11.0. The minimum atomic E-state index is -0.969. The Morgan fingerprint density at radius 1 is 0.712 bits per heavy atom. The topological polar surface area (TPSA) is 172 Å². The van der Waals surface area contributed by atoms with E-state index in [1.165, 1.54) is 0 Å². The zero-order chi connectivity index (χ0) is 40.3. The fourth-order valence-corrected chi connectivity index (χ4v) is 9.44. The zero-order valence-electron chi connectivity index (χ0n) is 33.4. The van der Waals surface area contributed by atoms with E-state index in [-0.39, 0.29) is 48.8 Å². The van der Waals surface area contributed by atoms with E-state index in [0.717, 1.165) is 135 Å². The number of carbonyl (C=O) groups is 4. The summed E-state index contributed by atoms with van der Waals surface area (Å²) in [6.07, 6.45) is 12.6. The lowest BCUT2D eigenvalue weighted by atomic mass is 9.93. The number of aromatic nitrogens is 4. The minimum Gasteiger partial charge on any atom is -0.488 e. The number of rotatable bonds is 10. The van der Waals surface area contributed by atoms with Crippen LogP contribution in [0.15, 0.2) is 48.8 Å². The number of H-pyrrole nitrogens is 1. The Bertz CT molecular complexity index is 2290. The van der Waals surface area contributed by atoms with Gasteiger partial charge >= 0.3 is 0 Å². The van der Waals surface area contributed by atoms with E-state index in [0.29, 0.717) is 11.1 Å². The van der Waals surface area contributed by atoms with Crippen molar-refractivity contribution in [3.05, 3.63) is 59.9 Å². The van der Waals surface area contributed by atoms with Crippen LogP contribution in [-0.2, 0) is 19.1 Å². The Labute approximate surface area is 342 Å². The number of piperidine rings is 3. The van der Waals surface area contributed by atoms with Gasteiger partial charge in [-0.1, -0.05) is 0 Å². The molecule has 6 heterocycles. The highest BCUT2D eigenvalue weighted by Crippen LogP contribution is 2.41. The molecule has 2 saturated carbocycles. The van der Waals surface area contributed by atoms with Crippen LogP contribution in [0.2, 0.25) is 0 Å². The van der Waals surface area contributed by atoms with Crippen LogP contribution < -0.4 is 19.9 Å². The van der Waals surface area contributed by atoms with Crippen molar-refractivity contribution in [3.8, 4) is 17.1 Å².